The smallest absolute Gasteiger partial charge is 0.243 e. The number of nitrogens with zero attached hydrogens (tertiary/aromatic N) is 2. The molecule has 0 saturated carbocycles. The van der Waals surface area contributed by atoms with E-state index in [4.69, 9.17) is 4.74 Å². The maximum Gasteiger partial charge on any atom is 0.243 e. The molecule has 1 fully saturated rings. The second-order valence-electron chi connectivity index (χ2n) is 6.84. The molecule has 5 nitrogen and oxygen atoms in total. The SMILES string of the molecule is CCc1ccc(S(=O)(=O)N2CCN(CCc3ccc(OC)cc3)CC2)cc1. The van der Waals surface area contributed by atoms with Gasteiger partial charge in [-0.3, -0.25) is 0 Å². The summed E-state index contributed by atoms with van der Waals surface area (Å²) < 4.78 is 32.5. The molecule has 2 aromatic rings. The molecule has 1 saturated heterocycles. The van der Waals surface area contributed by atoms with E-state index < -0.39 is 10.0 Å². The molecule has 3 rings (SSSR count). The van der Waals surface area contributed by atoms with Crippen molar-refractivity contribution in [3.05, 3.63) is 59.7 Å². The highest BCUT2D eigenvalue weighted by Crippen LogP contribution is 2.19. The molecule has 0 aromatic heterocycles. The molecule has 1 aliphatic rings. The maximum atomic E-state index is 12.8. The third-order valence-electron chi connectivity index (χ3n) is 5.18. The molecule has 0 amide bonds. The van der Waals surface area contributed by atoms with Crippen molar-refractivity contribution >= 4 is 10.0 Å². The van der Waals surface area contributed by atoms with Gasteiger partial charge in [0.1, 0.15) is 5.75 Å². The maximum absolute atomic E-state index is 12.8. The van der Waals surface area contributed by atoms with Crippen LogP contribution in [0.15, 0.2) is 53.4 Å². The number of piperazine rings is 1. The molecule has 0 aliphatic carbocycles. The molecule has 0 N–H and O–H groups in total. The largest absolute Gasteiger partial charge is 0.497 e. The Morgan fingerprint density at radius 2 is 1.48 bits per heavy atom. The van der Waals surface area contributed by atoms with Crippen molar-refractivity contribution in [3.63, 3.8) is 0 Å². The summed E-state index contributed by atoms with van der Waals surface area (Å²) in [6, 6.07) is 15.4. The highest BCUT2D eigenvalue weighted by atomic mass is 32.2. The van der Waals surface area contributed by atoms with Crippen LogP contribution in [0.25, 0.3) is 0 Å². The highest BCUT2D eigenvalue weighted by Gasteiger charge is 2.28. The van der Waals surface area contributed by atoms with Crippen LogP contribution in [0.1, 0.15) is 18.1 Å². The van der Waals surface area contributed by atoms with E-state index in [9.17, 15) is 8.42 Å². The lowest BCUT2D eigenvalue weighted by Crippen LogP contribution is -2.48. The standard InChI is InChI=1S/C21H28N2O3S/c1-3-18-6-10-21(11-7-18)27(24,25)23-16-14-22(15-17-23)13-12-19-4-8-20(26-2)9-5-19/h4-11H,3,12-17H2,1-2H3. The number of hydrogen-bond donors (Lipinski definition) is 0. The van der Waals surface area contributed by atoms with Gasteiger partial charge in [0, 0.05) is 32.7 Å². The Morgan fingerprint density at radius 1 is 0.889 bits per heavy atom. The van der Waals surface area contributed by atoms with Crippen molar-refractivity contribution in [1.29, 1.82) is 0 Å². The van der Waals surface area contributed by atoms with E-state index in [0.29, 0.717) is 18.0 Å². The topological polar surface area (TPSA) is 49.9 Å². The summed E-state index contributed by atoms with van der Waals surface area (Å²) in [5, 5.41) is 0. The van der Waals surface area contributed by atoms with Gasteiger partial charge >= 0.3 is 0 Å². The zero-order valence-corrected chi connectivity index (χ0v) is 16.9. The van der Waals surface area contributed by atoms with Gasteiger partial charge in [0.25, 0.3) is 0 Å². The molecule has 1 heterocycles. The van der Waals surface area contributed by atoms with E-state index in [2.05, 4.69) is 24.0 Å². The molecular formula is C21H28N2O3S. The van der Waals surface area contributed by atoms with Crippen molar-refractivity contribution in [3.8, 4) is 5.75 Å². The molecule has 27 heavy (non-hydrogen) atoms. The Balaban J connectivity index is 1.52. The molecular weight excluding hydrogens is 360 g/mol. The van der Waals surface area contributed by atoms with Crippen molar-refractivity contribution in [2.24, 2.45) is 0 Å². The zero-order chi connectivity index (χ0) is 19.3. The first kappa shape index (κ1) is 19.9. The third kappa shape index (κ3) is 4.89. The van der Waals surface area contributed by atoms with Crippen molar-refractivity contribution < 1.29 is 13.2 Å². The average molecular weight is 389 g/mol. The summed E-state index contributed by atoms with van der Waals surface area (Å²) in [6.45, 7) is 5.62. The van der Waals surface area contributed by atoms with Gasteiger partial charge in [-0.15, -0.1) is 0 Å². The monoisotopic (exact) mass is 388 g/mol. The number of hydrogen-bond acceptors (Lipinski definition) is 4. The quantitative estimate of drug-likeness (QED) is 0.732. The summed E-state index contributed by atoms with van der Waals surface area (Å²) in [5.41, 5.74) is 2.42. The van der Waals surface area contributed by atoms with Gasteiger partial charge in [0.05, 0.1) is 12.0 Å². The summed E-state index contributed by atoms with van der Waals surface area (Å²) >= 11 is 0. The summed E-state index contributed by atoms with van der Waals surface area (Å²) in [4.78, 5) is 2.72. The predicted octanol–water partition coefficient (Wildman–Crippen LogP) is 2.81. The highest BCUT2D eigenvalue weighted by molar-refractivity contribution is 7.89. The van der Waals surface area contributed by atoms with E-state index in [1.807, 2.05) is 24.3 Å². The summed E-state index contributed by atoms with van der Waals surface area (Å²) in [6.07, 6.45) is 1.86. The number of benzene rings is 2. The van der Waals surface area contributed by atoms with Crippen molar-refractivity contribution in [1.82, 2.24) is 9.21 Å². The molecule has 0 bridgehead atoms. The number of methoxy groups -OCH3 is 1. The van der Waals surface area contributed by atoms with Crippen LogP contribution in [0.4, 0.5) is 0 Å². The normalized spacial score (nSPS) is 16.4. The van der Waals surface area contributed by atoms with Crippen LogP contribution in [-0.2, 0) is 22.9 Å². The van der Waals surface area contributed by atoms with Crippen LogP contribution in [0.3, 0.4) is 0 Å². The fraction of sp³-hybridized carbons (Fsp3) is 0.429. The van der Waals surface area contributed by atoms with Crippen molar-refractivity contribution in [2.45, 2.75) is 24.7 Å². The van der Waals surface area contributed by atoms with Gasteiger partial charge in [0.2, 0.25) is 10.0 Å². The number of aryl methyl sites for hydroxylation is 1. The van der Waals surface area contributed by atoms with Gasteiger partial charge in [0.15, 0.2) is 0 Å². The average Bonchev–Trinajstić information content (AvgIpc) is 2.73. The summed E-state index contributed by atoms with van der Waals surface area (Å²) in [7, 11) is -1.73. The molecule has 0 spiro atoms. The predicted molar refractivity (Wildman–Crippen MR) is 108 cm³/mol. The van der Waals surface area contributed by atoms with E-state index in [0.717, 1.165) is 43.8 Å². The first-order chi connectivity index (χ1) is 13.0. The number of ether oxygens (including phenoxy) is 1. The first-order valence-electron chi connectivity index (χ1n) is 9.47. The Kier molecular flexibility index (Phi) is 6.52. The van der Waals surface area contributed by atoms with Crippen molar-refractivity contribution in [2.75, 3.05) is 39.8 Å². The van der Waals surface area contributed by atoms with Gasteiger partial charge in [-0.05, 0) is 48.2 Å². The lowest BCUT2D eigenvalue weighted by Gasteiger charge is -2.34. The second-order valence-corrected chi connectivity index (χ2v) is 8.78. The Labute approximate surface area is 162 Å². The van der Waals surface area contributed by atoms with Gasteiger partial charge in [-0.1, -0.05) is 31.2 Å². The van der Waals surface area contributed by atoms with Crippen LogP contribution in [0, 0.1) is 0 Å². The van der Waals surface area contributed by atoms with Gasteiger partial charge < -0.3 is 9.64 Å². The molecule has 146 valence electrons. The Bertz CT molecular complexity index is 825. The van der Waals surface area contributed by atoms with E-state index in [-0.39, 0.29) is 0 Å². The number of sulfonamides is 1. The van der Waals surface area contributed by atoms with Crippen LogP contribution < -0.4 is 4.74 Å². The number of rotatable bonds is 7. The molecule has 2 aromatic carbocycles. The molecule has 1 aliphatic heterocycles. The third-order valence-corrected chi connectivity index (χ3v) is 7.09. The van der Waals surface area contributed by atoms with Crippen LogP contribution in [0.2, 0.25) is 0 Å². The van der Waals surface area contributed by atoms with E-state index in [1.54, 1.807) is 23.5 Å². The minimum Gasteiger partial charge on any atom is -0.497 e. The van der Waals surface area contributed by atoms with Crippen LogP contribution >= 0.6 is 0 Å². The van der Waals surface area contributed by atoms with Crippen LogP contribution in [0.5, 0.6) is 5.75 Å². The fourth-order valence-corrected chi connectivity index (χ4v) is 4.74. The summed E-state index contributed by atoms with van der Waals surface area (Å²) in [5.74, 6) is 0.865. The molecule has 0 unspecified atom stereocenters. The van der Waals surface area contributed by atoms with Gasteiger partial charge in [-0.2, -0.15) is 4.31 Å². The molecule has 0 radical (unpaired) electrons. The van der Waals surface area contributed by atoms with E-state index >= 15 is 0 Å². The second kappa shape index (κ2) is 8.87. The fourth-order valence-electron chi connectivity index (χ4n) is 3.32. The minimum absolute atomic E-state index is 0.395. The first-order valence-corrected chi connectivity index (χ1v) is 10.9. The zero-order valence-electron chi connectivity index (χ0n) is 16.1. The van der Waals surface area contributed by atoms with E-state index in [1.165, 1.54) is 5.56 Å². The van der Waals surface area contributed by atoms with Gasteiger partial charge in [-0.25, -0.2) is 8.42 Å². The molecule has 0 atom stereocenters. The Morgan fingerprint density at radius 3 is 2.04 bits per heavy atom. The lowest BCUT2D eigenvalue weighted by molar-refractivity contribution is 0.190. The van der Waals surface area contributed by atoms with Crippen LogP contribution in [-0.4, -0.2) is 57.5 Å². The molecule has 6 heteroatoms. The lowest BCUT2D eigenvalue weighted by atomic mass is 10.1. The minimum atomic E-state index is -3.39. The Hall–Kier alpha value is -1.89.